The van der Waals surface area contributed by atoms with Crippen LogP contribution in [0.5, 0.6) is 5.75 Å². The minimum Gasteiger partial charge on any atom is -0.492 e. The molecule has 0 aliphatic heterocycles. The van der Waals surface area contributed by atoms with E-state index in [1.807, 2.05) is 13.8 Å². The van der Waals surface area contributed by atoms with E-state index in [0.717, 1.165) is 10.6 Å². The van der Waals surface area contributed by atoms with Crippen molar-refractivity contribution in [2.24, 2.45) is 5.92 Å². The van der Waals surface area contributed by atoms with Gasteiger partial charge in [-0.25, -0.2) is 8.42 Å². The third-order valence-corrected chi connectivity index (χ3v) is 7.39. The smallest absolute Gasteiger partial charge is 0.244 e. The third-order valence-electron chi connectivity index (χ3n) is 5.52. The molecular formula is C26H35Cl2N3O5S. The average molecular weight is 573 g/mol. The van der Waals surface area contributed by atoms with Gasteiger partial charge in [-0.1, -0.05) is 62.2 Å². The summed E-state index contributed by atoms with van der Waals surface area (Å²) < 4.78 is 32.3. The van der Waals surface area contributed by atoms with Crippen molar-refractivity contribution in [1.29, 1.82) is 0 Å². The maximum absolute atomic E-state index is 13.8. The molecular weight excluding hydrogens is 537 g/mol. The second kappa shape index (κ2) is 13.9. The Kier molecular flexibility index (Phi) is 11.5. The largest absolute Gasteiger partial charge is 0.492 e. The maximum atomic E-state index is 13.8. The highest BCUT2D eigenvalue weighted by Gasteiger charge is 2.32. The monoisotopic (exact) mass is 571 g/mol. The molecule has 0 unspecified atom stereocenters. The number of nitrogens with zero attached hydrogens (tertiary/aromatic N) is 2. The molecule has 0 saturated heterocycles. The molecule has 37 heavy (non-hydrogen) atoms. The zero-order valence-corrected chi connectivity index (χ0v) is 24.2. The normalized spacial score (nSPS) is 12.2. The van der Waals surface area contributed by atoms with Crippen LogP contribution in [-0.2, 0) is 26.2 Å². The van der Waals surface area contributed by atoms with Crippen LogP contribution in [0.3, 0.4) is 0 Å². The number of hydrogen-bond donors (Lipinski definition) is 1. The molecule has 2 amide bonds. The molecule has 1 N–H and O–H groups in total. The summed E-state index contributed by atoms with van der Waals surface area (Å²) in [7, 11) is -3.88. The zero-order chi connectivity index (χ0) is 27.8. The highest BCUT2D eigenvalue weighted by Crippen LogP contribution is 2.30. The Balaban J connectivity index is 2.49. The number of halogens is 2. The minimum absolute atomic E-state index is 0.0358. The molecule has 0 bridgehead atoms. The highest BCUT2D eigenvalue weighted by atomic mass is 35.5. The third kappa shape index (κ3) is 8.79. The maximum Gasteiger partial charge on any atom is 0.244 e. The van der Waals surface area contributed by atoms with E-state index in [1.165, 1.54) is 4.90 Å². The first kappa shape index (κ1) is 30.7. The van der Waals surface area contributed by atoms with Crippen molar-refractivity contribution in [3.8, 4) is 5.75 Å². The highest BCUT2D eigenvalue weighted by molar-refractivity contribution is 7.92. The molecule has 1 atom stereocenters. The van der Waals surface area contributed by atoms with Gasteiger partial charge in [-0.15, -0.1) is 0 Å². The van der Waals surface area contributed by atoms with Gasteiger partial charge >= 0.3 is 0 Å². The Morgan fingerprint density at radius 3 is 2.30 bits per heavy atom. The number of benzene rings is 2. The number of rotatable bonds is 13. The van der Waals surface area contributed by atoms with Gasteiger partial charge in [0.15, 0.2) is 0 Å². The lowest BCUT2D eigenvalue weighted by Gasteiger charge is -2.33. The predicted molar refractivity (Wildman–Crippen MR) is 149 cm³/mol. The Morgan fingerprint density at radius 2 is 1.73 bits per heavy atom. The van der Waals surface area contributed by atoms with E-state index in [2.05, 4.69) is 5.32 Å². The summed E-state index contributed by atoms with van der Waals surface area (Å²) in [5.41, 5.74) is 0.894. The lowest BCUT2D eigenvalue weighted by molar-refractivity contribution is -0.140. The number of hydrogen-bond acceptors (Lipinski definition) is 5. The molecule has 0 aromatic heterocycles. The van der Waals surface area contributed by atoms with Gasteiger partial charge in [0.25, 0.3) is 0 Å². The van der Waals surface area contributed by atoms with E-state index in [9.17, 15) is 18.0 Å². The molecule has 8 nitrogen and oxygen atoms in total. The molecule has 2 aromatic rings. The fourth-order valence-electron chi connectivity index (χ4n) is 3.71. The van der Waals surface area contributed by atoms with Crippen LogP contribution in [0.1, 0.15) is 39.7 Å². The summed E-state index contributed by atoms with van der Waals surface area (Å²) >= 11 is 12.2. The summed E-state index contributed by atoms with van der Waals surface area (Å²) in [5, 5.41) is 3.56. The minimum atomic E-state index is -3.88. The van der Waals surface area contributed by atoms with E-state index in [0.29, 0.717) is 40.9 Å². The second-order valence-corrected chi connectivity index (χ2v) is 11.7. The number of para-hydroxylation sites is 2. The van der Waals surface area contributed by atoms with Crippen LogP contribution in [0.15, 0.2) is 42.5 Å². The van der Waals surface area contributed by atoms with Crippen molar-refractivity contribution in [1.82, 2.24) is 10.2 Å². The molecule has 0 saturated carbocycles. The fourth-order valence-corrected chi connectivity index (χ4v) is 4.89. The Morgan fingerprint density at radius 1 is 1.05 bits per heavy atom. The van der Waals surface area contributed by atoms with Crippen LogP contribution in [0, 0.1) is 5.92 Å². The molecule has 11 heteroatoms. The zero-order valence-electron chi connectivity index (χ0n) is 21.8. The van der Waals surface area contributed by atoms with Crippen molar-refractivity contribution < 1.29 is 22.7 Å². The predicted octanol–water partition coefficient (Wildman–Crippen LogP) is 4.74. The molecule has 2 aromatic carbocycles. The molecule has 0 aliphatic rings. The molecule has 0 fully saturated rings. The first-order valence-corrected chi connectivity index (χ1v) is 14.7. The Hall–Kier alpha value is -2.49. The van der Waals surface area contributed by atoms with Crippen LogP contribution in [0.2, 0.25) is 10.0 Å². The van der Waals surface area contributed by atoms with Crippen LogP contribution >= 0.6 is 23.2 Å². The van der Waals surface area contributed by atoms with Crippen molar-refractivity contribution in [2.45, 2.75) is 46.7 Å². The number of nitrogens with one attached hydrogen (secondary N) is 1. The summed E-state index contributed by atoms with van der Waals surface area (Å²) in [6, 6.07) is 10.7. The van der Waals surface area contributed by atoms with Crippen molar-refractivity contribution in [2.75, 3.05) is 30.3 Å². The Bertz CT molecular complexity index is 1190. The van der Waals surface area contributed by atoms with Gasteiger partial charge in [0, 0.05) is 13.1 Å². The van der Waals surface area contributed by atoms with Crippen molar-refractivity contribution in [3.63, 3.8) is 0 Å². The van der Waals surface area contributed by atoms with Gasteiger partial charge in [0.05, 0.1) is 28.6 Å². The van der Waals surface area contributed by atoms with Gasteiger partial charge < -0.3 is 15.0 Å². The Labute approximate surface area is 229 Å². The first-order chi connectivity index (χ1) is 17.4. The molecule has 204 valence electrons. The second-order valence-electron chi connectivity index (χ2n) is 9.00. The summed E-state index contributed by atoms with van der Waals surface area (Å²) in [5.74, 6) is -0.308. The van der Waals surface area contributed by atoms with Gasteiger partial charge in [-0.05, 0) is 49.1 Å². The molecule has 0 spiro atoms. The number of carbonyl (C=O) groups is 2. The first-order valence-electron chi connectivity index (χ1n) is 12.1. The standard InChI is InChI=1S/C26H35Cl2N3O5S/c1-6-22(26(33)29-15-18(3)4)30(16-19-12-13-20(27)21(28)14-19)25(32)17-31(37(5,34)35)23-10-8-9-11-24(23)36-7-2/h8-14,18,22H,6-7,15-17H2,1-5H3,(H,29,33)/t22-/m0/s1. The van der Waals surface area contributed by atoms with Gasteiger partial charge in [0.1, 0.15) is 18.3 Å². The number of carbonyl (C=O) groups excluding carboxylic acids is 2. The lowest BCUT2D eigenvalue weighted by atomic mass is 10.1. The van der Waals surface area contributed by atoms with E-state index in [1.54, 1.807) is 56.3 Å². The van der Waals surface area contributed by atoms with Crippen molar-refractivity contribution in [3.05, 3.63) is 58.1 Å². The van der Waals surface area contributed by atoms with E-state index in [4.69, 9.17) is 27.9 Å². The molecule has 0 heterocycles. The summed E-state index contributed by atoms with van der Waals surface area (Å²) in [4.78, 5) is 28.3. The number of anilines is 1. The van der Waals surface area contributed by atoms with Gasteiger partial charge in [-0.3, -0.25) is 13.9 Å². The van der Waals surface area contributed by atoms with Crippen LogP contribution in [0.25, 0.3) is 0 Å². The van der Waals surface area contributed by atoms with Crippen LogP contribution in [-0.4, -0.2) is 57.1 Å². The number of amides is 2. The van der Waals surface area contributed by atoms with E-state index in [-0.39, 0.29) is 24.1 Å². The summed E-state index contributed by atoms with van der Waals surface area (Å²) in [6.07, 6.45) is 1.35. The van der Waals surface area contributed by atoms with Gasteiger partial charge in [-0.2, -0.15) is 0 Å². The average Bonchev–Trinajstić information content (AvgIpc) is 2.83. The quantitative estimate of drug-likeness (QED) is 0.374. The molecule has 2 rings (SSSR count). The van der Waals surface area contributed by atoms with Crippen LogP contribution in [0.4, 0.5) is 5.69 Å². The SMILES string of the molecule is CCOc1ccccc1N(CC(=O)N(Cc1ccc(Cl)c(Cl)c1)[C@@H](CC)C(=O)NCC(C)C)S(C)(=O)=O. The number of sulfonamides is 1. The number of ether oxygens (including phenoxy) is 1. The topological polar surface area (TPSA) is 96.0 Å². The fraction of sp³-hybridized carbons (Fsp3) is 0.462. The van der Waals surface area contributed by atoms with E-state index < -0.39 is 28.5 Å². The van der Waals surface area contributed by atoms with Gasteiger partial charge in [0.2, 0.25) is 21.8 Å². The lowest BCUT2D eigenvalue weighted by Crippen LogP contribution is -2.52. The summed E-state index contributed by atoms with van der Waals surface area (Å²) in [6.45, 7) is 7.81. The van der Waals surface area contributed by atoms with E-state index >= 15 is 0 Å². The van der Waals surface area contributed by atoms with Crippen molar-refractivity contribution >= 4 is 50.7 Å². The van der Waals surface area contributed by atoms with Crippen LogP contribution < -0.4 is 14.4 Å². The molecule has 0 radical (unpaired) electrons. The molecule has 0 aliphatic carbocycles.